The summed E-state index contributed by atoms with van der Waals surface area (Å²) in [6, 6.07) is 0. The quantitative estimate of drug-likeness (QED) is 0.444. The summed E-state index contributed by atoms with van der Waals surface area (Å²) in [6.45, 7) is 0. The minimum absolute atomic E-state index is 0. The maximum absolute atomic E-state index is 4.64. The molecular formula is C11H23Cl2Zr-5. The van der Waals surface area contributed by atoms with Gasteiger partial charge in [-0.2, -0.15) is 6.08 Å². The Hall–Kier alpha value is 0.943. The molecule has 0 aromatic rings. The molecule has 0 spiro atoms. The van der Waals surface area contributed by atoms with Crippen molar-refractivity contribution in [2.24, 2.45) is 0 Å². The predicted molar refractivity (Wildman–Crippen MR) is 70.8 cm³/mol. The van der Waals surface area contributed by atoms with Crippen LogP contribution in [0.25, 0.3) is 0 Å². The van der Waals surface area contributed by atoms with Crippen LogP contribution in [0.3, 0.4) is 0 Å². The van der Waals surface area contributed by atoms with E-state index < -0.39 is 0 Å². The van der Waals surface area contributed by atoms with Crippen molar-refractivity contribution < 1.29 is 26.2 Å². The first-order valence-corrected chi connectivity index (χ1v) is 3.98. The molecule has 0 saturated carbocycles. The van der Waals surface area contributed by atoms with E-state index in [-0.39, 0.29) is 55.9 Å². The number of rotatable bonds is 0. The van der Waals surface area contributed by atoms with Crippen molar-refractivity contribution in [1.82, 2.24) is 0 Å². The molecule has 0 unspecified atom stereocenters. The van der Waals surface area contributed by atoms with E-state index in [4.69, 9.17) is 0 Å². The third-order valence-electron chi connectivity index (χ3n) is 0.586. The average molecular weight is 317 g/mol. The SMILES string of the molecule is CCl.CCl.[C-]1=CC=CC1.[CH3-].[CH3-].[CH3-].[CH3-].[Zr]. The normalized spacial score (nSPS) is 7.14. The van der Waals surface area contributed by atoms with Crippen molar-refractivity contribution >= 4 is 23.2 Å². The molecule has 0 heterocycles. The molecule has 1 rings (SSSR count). The maximum atomic E-state index is 4.64. The Labute approximate surface area is 122 Å². The van der Waals surface area contributed by atoms with E-state index in [1.807, 2.05) is 12.2 Å². The van der Waals surface area contributed by atoms with Gasteiger partial charge >= 0.3 is 0 Å². The molecule has 14 heavy (non-hydrogen) atoms. The zero-order valence-electron chi connectivity index (χ0n) is 10.2. The number of alkyl halides is 2. The Morgan fingerprint density at radius 1 is 0.929 bits per heavy atom. The molecule has 0 aliphatic heterocycles. The van der Waals surface area contributed by atoms with E-state index in [1.165, 1.54) is 12.8 Å². The monoisotopic (exact) mass is 315 g/mol. The molecule has 3 heteroatoms. The molecule has 0 atom stereocenters. The number of allylic oxidation sites excluding steroid dienone is 4. The van der Waals surface area contributed by atoms with Gasteiger partial charge in [-0.15, -0.1) is 29.6 Å². The maximum Gasteiger partial charge on any atom is 0.0108 e. The van der Waals surface area contributed by atoms with Gasteiger partial charge in [0.25, 0.3) is 0 Å². The average Bonchev–Trinajstić information content (AvgIpc) is 2.51. The van der Waals surface area contributed by atoms with E-state index in [2.05, 4.69) is 35.4 Å². The van der Waals surface area contributed by atoms with Crippen molar-refractivity contribution in [2.45, 2.75) is 6.42 Å². The molecule has 0 radical (unpaired) electrons. The third kappa shape index (κ3) is 52.3. The van der Waals surface area contributed by atoms with Gasteiger partial charge in [0.2, 0.25) is 0 Å². The Morgan fingerprint density at radius 2 is 1.29 bits per heavy atom. The summed E-state index contributed by atoms with van der Waals surface area (Å²) in [6.07, 6.45) is 12.9. The fraction of sp³-hybridized carbons (Fsp3) is 0.273. The number of hydrogen-bond donors (Lipinski definition) is 0. The van der Waals surface area contributed by atoms with E-state index in [0.29, 0.717) is 0 Å². The van der Waals surface area contributed by atoms with Crippen LogP contribution in [0.5, 0.6) is 0 Å². The first-order valence-electron chi connectivity index (χ1n) is 2.47. The van der Waals surface area contributed by atoms with Crippen LogP contribution >= 0.6 is 23.2 Å². The number of halogens is 2. The van der Waals surface area contributed by atoms with E-state index >= 15 is 0 Å². The van der Waals surface area contributed by atoms with Crippen LogP contribution in [0, 0.1) is 35.8 Å². The van der Waals surface area contributed by atoms with Crippen LogP contribution in [0.1, 0.15) is 6.42 Å². The fourth-order valence-electron chi connectivity index (χ4n) is 0.340. The van der Waals surface area contributed by atoms with Gasteiger partial charge < -0.3 is 29.7 Å². The zero-order chi connectivity index (χ0) is 7.54. The topological polar surface area (TPSA) is 0 Å². The minimum atomic E-state index is 0. The first kappa shape index (κ1) is 46.0. The van der Waals surface area contributed by atoms with Crippen molar-refractivity contribution in [2.75, 3.05) is 12.8 Å². The van der Waals surface area contributed by atoms with Gasteiger partial charge in [-0.05, 0) is 0 Å². The summed E-state index contributed by atoms with van der Waals surface area (Å²) in [7, 11) is 0. The molecule has 0 N–H and O–H groups in total. The Balaban J connectivity index is -0.0000000101. The zero-order valence-corrected chi connectivity index (χ0v) is 14.2. The van der Waals surface area contributed by atoms with E-state index in [9.17, 15) is 0 Å². The van der Waals surface area contributed by atoms with Gasteiger partial charge in [0.05, 0.1) is 0 Å². The van der Waals surface area contributed by atoms with Crippen LogP contribution in [-0.2, 0) is 26.2 Å². The van der Waals surface area contributed by atoms with Crippen molar-refractivity contribution in [3.63, 3.8) is 0 Å². The van der Waals surface area contributed by atoms with Gasteiger partial charge in [-0.25, -0.2) is 12.2 Å². The van der Waals surface area contributed by atoms with Gasteiger partial charge in [-0.1, -0.05) is 0 Å². The summed E-state index contributed by atoms with van der Waals surface area (Å²) in [4.78, 5) is 0. The van der Waals surface area contributed by atoms with Gasteiger partial charge in [0.1, 0.15) is 0 Å². The second kappa shape index (κ2) is 66.1. The van der Waals surface area contributed by atoms with Crippen LogP contribution in [0.15, 0.2) is 18.2 Å². The van der Waals surface area contributed by atoms with Crippen LogP contribution < -0.4 is 0 Å². The Morgan fingerprint density at radius 3 is 1.36 bits per heavy atom. The molecule has 0 aromatic heterocycles. The molecule has 90 valence electrons. The third-order valence-corrected chi connectivity index (χ3v) is 0.586. The van der Waals surface area contributed by atoms with Gasteiger partial charge in [-0.3, -0.25) is 6.08 Å². The van der Waals surface area contributed by atoms with Crippen LogP contribution in [-0.4, -0.2) is 12.8 Å². The van der Waals surface area contributed by atoms with Crippen LogP contribution in [0.4, 0.5) is 0 Å². The summed E-state index contributed by atoms with van der Waals surface area (Å²) in [5.74, 6) is 0. The van der Waals surface area contributed by atoms with Gasteiger partial charge in [0.15, 0.2) is 0 Å². The second-order valence-electron chi connectivity index (χ2n) is 1.00. The van der Waals surface area contributed by atoms with Gasteiger partial charge in [0, 0.05) is 39.0 Å². The summed E-state index contributed by atoms with van der Waals surface area (Å²) in [5.41, 5.74) is 0. The summed E-state index contributed by atoms with van der Waals surface area (Å²) >= 11 is 9.28. The predicted octanol–water partition coefficient (Wildman–Crippen LogP) is 4.81. The first-order chi connectivity index (χ1) is 4.50. The second-order valence-corrected chi connectivity index (χ2v) is 1.00. The molecule has 0 saturated heterocycles. The Bertz CT molecular complexity index is 71.4. The number of hydrogen-bond acceptors (Lipinski definition) is 0. The molecule has 0 fully saturated rings. The van der Waals surface area contributed by atoms with Crippen molar-refractivity contribution in [3.8, 4) is 0 Å². The molecule has 0 bridgehead atoms. The molecule has 1 aliphatic carbocycles. The molecular weight excluding hydrogens is 294 g/mol. The molecule has 1 aliphatic rings. The standard InChI is InChI=1S/C5H5.2CH3Cl.4CH3.Zr/c1-2-4-5-3-1;2*1-2;;;;;/h1-3H,4H2;2*1H3;4*1H3;/q-1;;;4*-1;. The van der Waals surface area contributed by atoms with Crippen molar-refractivity contribution in [3.05, 3.63) is 54.0 Å². The summed E-state index contributed by atoms with van der Waals surface area (Å²) in [5, 5.41) is 0. The minimum Gasteiger partial charge on any atom is -0.358 e. The Kier molecular flexibility index (Phi) is 218. The fourth-order valence-corrected chi connectivity index (χ4v) is 0.340. The molecule has 0 aromatic carbocycles. The van der Waals surface area contributed by atoms with E-state index in [1.54, 1.807) is 0 Å². The van der Waals surface area contributed by atoms with Crippen LogP contribution in [0.2, 0.25) is 0 Å². The molecule has 0 nitrogen and oxygen atoms in total. The molecule has 0 amide bonds. The van der Waals surface area contributed by atoms with E-state index in [0.717, 1.165) is 6.42 Å². The largest absolute Gasteiger partial charge is 0.358 e. The van der Waals surface area contributed by atoms with Crippen molar-refractivity contribution in [1.29, 1.82) is 0 Å². The smallest absolute Gasteiger partial charge is 0.0108 e. The summed E-state index contributed by atoms with van der Waals surface area (Å²) < 4.78 is 0.